The minimum atomic E-state index is -1.16. The lowest BCUT2D eigenvalue weighted by Crippen LogP contribution is -2.28. The van der Waals surface area contributed by atoms with Crippen LogP contribution >= 0.6 is 0 Å². The molecule has 0 aromatic heterocycles. The van der Waals surface area contributed by atoms with Gasteiger partial charge in [0.2, 0.25) is 0 Å². The second-order valence-corrected chi connectivity index (χ2v) is 4.32. The number of carboxylic acid groups (broad SMARTS) is 1. The Hall–Kier alpha value is -0.600. The van der Waals surface area contributed by atoms with E-state index in [0.717, 1.165) is 25.7 Å². The van der Waals surface area contributed by atoms with E-state index in [-0.39, 0.29) is 5.92 Å². The molecule has 1 saturated carbocycles. The van der Waals surface area contributed by atoms with E-state index in [1.165, 1.54) is 19.8 Å². The SMILES string of the molecule is CC(C(=O)O)C(F)C1CCCCCC1. The predicted molar refractivity (Wildman–Crippen MR) is 52.9 cm³/mol. The zero-order valence-electron chi connectivity index (χ0n) is 8.71. The first-order valence-corrected chi connectivity index (χ1v) is 5.50. The van der Waals surface area contributed by atoms with Crippen molar-refractivity contribution in [1.29, 1.82) is 0 Å². The Balaban J connectivity index is 2.48. The molecule has 0 aromatic rings. The van der Waals surface area contributed by atoms with Crippen molar-refractivity contribution < 1.29 is 14.3 Å². The fourth-order valence-corrected chi connectivity index (χ4v) is 2.17. The number of alkyl halides is 1. The Morgan fingerprint density at radius 1 is 1.29 bits per heavy atom. The normalized spacial score (nSPS) is 23.9. The van der Waals surface area contributed by atoms with Gasteiger partial charge in [-0.2, -0.15) is 0 Å². The first-order valence-electron chi connectivity index (χ1n) is 5.50. The molecule has 1 rings (SSSR count). The molecule has 0 heterocycles. The summed E-state index contributed by atoms with van der Waals surface area (Å²) in [7, 11) is 0. The van der Waals surface area contributed by atoms with Crippen molar-refractivity contribution in [2.45, 2.75) is 51.6 Å². The van der Waals surface area contributed by atoms with E-state index in [2.05, 4.69) is 0 Å². The van der Waals surface area contributed by atoms with Crippen molar-refractivity contribution in [1.82, 2.24) is 0 Å². The molecule has 1 fully saturated rings. The molecule has 1 aliphatic carbocycles. The van der Waals surface area contributed by atoms with Crippen LogP contribution in [0.2, 0.25) is 0 Å². The topological polar surface area (TPSA) is 37.3 Å². The molecule has 0 aliphatic heterocycles. The average molecular weight is 202 g/mol. The van der Waals surface area contributed by atoms with Crippen LogP contribution in [0.3, 0.4) is 0 Å². The quantitative estimate of drug-likeness (QED) is 0.714. The highest BCUT2D eigenvalue weighted by molar-refractivity contribution is 5.70. The lowest BCUT2D eigenvalue weighted by molar-refractivity contribution is -0.144. The van der Waals surface area contributed by atoms with Crippen molar-refractivity contribution in [3.63, 3.8) is 0 Å². The van der Waals surface area contributed by atoms with Gasteiger partial charge in [-0.1, -0.05) is 25.7 Å². The van der Waals surface area contributed by atoms with Crippen LogP contribution in [0.1, 0.15) is 45.4 Å². The van der Waals surface area contributed by atoms with Crippen molar-refractivity contribution in [3.05, 3.63) is 0 Å². The van der Waals surface area contributed by atoms with Gasteiger partial charge in [0.25, 0.3) is 0 Å². The second kappa shape index (κ2) is 5.32. The maximum Gasteiger partial charge on any atom is 0.309 e. The molecular formula is C11H19FO2. The first-order chi connectivity index (χ1) is 6.63. The van der Waals surface area contributed by atoms with Gasteiger partial charge in [-0.15, -0.1) is 0 Å². The van der Waals surface area contributed by atoms with Gasteiger partial charge in [0.1, 0.15) is 6.17 Å². The summed E-state index contributed by atoms with van der Waals surface area (Å²) in [6.45, 7) is 1.47. The molecule has 0 spiro atoms. The zero-order chi connectivity index (χ0) is 10.6. The molecule has 0 aromatic carbocycles. The molecule has 82 valence electrons. The van der Waals surface area contributed by atoms with Gasteiger partial charge in [0, 0.05) is 0 Å². The largest absolute Gasteiger partial charge is 0.481 e. The molecule has 1 N–H and O–H groups in total. The summed E-state index contributed by atoms with van der Waals surface area (Å²) in [5, 5.41) is 8.71. The van der Waals surface area contributed by atoms with Gasteiger partial charge in [-0.3, -0.25) is 4.79 Å². The number of carbonyl (C=O) groups is 1. The summed E-state index contributed by atoms with van der Waals surface area (Å²) in [5.41, 5.74) is 0. The summed E-state index contributed by atoms with van der Waals surface area (Å²) < 4.78 is 13.7. The molecule has 0 amide bonds. The Kier molecular flexibility index (Phi) is 4.36. The Bertz CT molecular complexity index is 186. The molecule has 2 atom stereocenters. The highest BCUT2D eigenvalue weighted by Gasteiger charge is 2.31. The molecule has 1 aliphatic rings. The highest BCUT2D eigenvalue weighted by atomic mass is 19.1. The molecule has 14 heavy (non-hydrogen) atoms. The number of halogens is 1. The highest BCUT2D eigenvalue weighted by Crippen LogP contribution is 2.30. The van der Waals surface area contributed by atoms with Crippen molar-refractivity contribution in [2.75, 3.05) is 0 Å². The van der Waals surface area contributed by atoms with Crippen LogP contribution in [-0.4, -0.2) is 17.2 Å². The minimum absolute atomic E-state index is 0.0244. The van der Waals surface area contributed by atoms with Gasteiger partial charge >= 0.3 is 5.97 Å². The Labute approximate surface area is 84.5 Å². The Morgan fingerprint density at radius 2 is 1.79 bits per heavy atom. The zero-order valence-corrected chi connectivity index (χ0v) is 8.71. The van der Waals surface area contributed by atoms with Gasteiger partial charge in [-0.05, 0) is 25.7 Å². The van der Waals surface area contributed by atoms with Crippen molar-refractivity contribution in [2.24, 2.45) is 11.8 Å². The van der Waals surface area contributed by atoms with E-state index in [4.69, 9.17) is 5.11 Å². The van der Waals surface area contributed by atoms with Crippen molar-refractivity contribution in [3.8, 4) is 0 Å². The van der Waals surface area contributed by atoms with Crippen LogP contribution in [-0.2, 0) is 4.79 Å². The van der Waals surface area contributed by atoms with E-state index in [9.17, 15) is 9.18 Å². The molecular weight excluding hydrogens is 183 g/mol. The number of rotatable bonds is 3. The number of hydrogen-bond donors (Lipinski definition) is 1. The fourth-order valence-electron chi connectivity index (χ4n) is 2.17. The number of hydrogen-bond acceptors (Lipinski definition) is 1. The summed E-state index contributed by atoms with van der Waals surface area (Å²) in [4.78, 5) is 10.6. The molecule has 0 radical (unpaired) electrons. The van der Waals surface area contributed by atoms with Gasteiger partial charge < -0.3 is 5.11 Å². The van der Waals surface area contributed by atoms with Crippen LogP contribution in [0.15, 0.2) is 0 Å². The predicted octanol–water partition coefficient (Wildman–Crippen LogP) is 3.02. The lowest BCUT2D eigenvalue weighted by Gasteiger charge is -2.21. The monoisotopic (exact) mass is 202 g/mol. The maximum atomic E-state index is 13.7. The standard InChI is InChI=1S/C11H19FO2/c1-8(11(13)14)10(12)9-6-4-2-3-5-7-9/h8-10H,2-7H2,1H3,(H,13,14). The lowest BCUT2D eigenvalue weighted by atomic mass is 9.88. The van der Waals surface area contributed by atoms with Gasteiger partial charge in [0.05, 0.1) is 5.92 Å². The molecule has 0 bridgehead atoms. The van der Waals surface area contributed by atoms with Crippen molar-refractivity contribution >= 4 is 5.97 Å². The fraction of sp³-hybridized carbons (Fsp3) is 0.909. The van der Waals surface area contributed by atoms with Gasteiger partial charge in [0.15, 0.2) is 0 Å². The maximum absolute atomic E-state index is 13.7. The van der Waals surface area contributed by atoms with Crippen LogP contribution in [0.5, 0.6) is 0 Å². The van der Waals surface area contributed by atoms with E-state index in [1.807, 2.05) is 0 Å². The molecule has 2 unspecified atom stereocenters. The van der Waals surface area contributed by atoms with Crippen LogP contribution in [0.4, 0.5) is 4.39 Å². The first kappa shape index (κ1) is 11.5. The second-order valence-electron chi connectivity index (χ2n) is 4.32. The van der Waals surface area contributed by atoms with E-state index in [0.29, 0.717) is 0 Å². The third kappa shape index (κ3) is 2.96. The number of carboxylic acids is 1. The van der Waals surface area contributed by atoms with E-state index >= 15 is 0 Å². The molecule has 2 nitrogen and oxygen atoms in total. The summed E-state index contributed by atoms with van der Waals surface area (Å²) >= 11 is 0. The van der Waals surface area contributed by atoms with Crippen LogP contribution < -0.4 is 0 Å². The van der Waals surface area contributed by atoms with E-state index in [1.54, 1.807) is 0 Å². The third-order valence-corrected chi connectivity index (χ3v) is 3.22. The summed E-state index contributed by atoms with van der Waals surface area (Å²) in [6.07, 6.45) is 5.01. The molecule has 3 heteroatoms. The third-order valence-electron chi connectivity index (χ3n) is 3.22. The van der Waals surface area contributed by atoms with Crippen LogP contribution in [0, 0.1) is 11.8 Å². The van der Waals surface area contributed by atoms with Crippen LogP contribution in [0.25, 0.3) is 0 Å². The summed E-state index contributed by atoms with van der Waals surface area (Å²) in [5.74, 6) is -1.89. The Morgan fingerprint density at radius 3 is 2.21 bits per heavy atom. The average Bonchev–Trinajstić information content (AvgIpc) is 2.43. The minimum Gasteiger partial charge on any atom is -0.481 e. The smallest absolute Gasteiger partial charge is 0.309 e. The van der Waals surface area contributed by atoms with Gasteiger partial charge in [-0.25, -0.2) is 4.39 Å². The molecule has 0 saturated heterocycles. The van der Waals surface area contributed by atoms with E-state index < -0.39 is 18.1 Å². The number of aliphatic carboxylic acids is 1. The summed E-state index contributed by atoms with van der Waals surface area (Å²) in [6, 6.07) is 0.